The van der Waals surface area contributed by atoms with Gasteiger partial charge in [-0.1, -0.05) is 18.2 Å². The Morgan fingerprint density at radius 3 is 2.53 bits per heavy atom. The fourth-order valence-corrected chi connectivity index (χ4v) is 1.96. The van der Waals surface area contributed by atoms with E-state index in [0.29, 0.717) is 12.3 Å². The third kappa shape index (κ3) is 3.84. The van der Waals surface area contributed by atoms with Gasteiger partial charge in [0.2, 0.25) is 0 Å². The van der Waals surface area contributed by atoms with E-state index in [1.807, 2.05) is 18.2 Å². The van der Waals surface area contributed by atoms with Crippen LogP contribution in [0.4, 0.5) is 5.69 Å². The highest BCUT2D eigenvalue weighted by atomic mass is 16.4. The molecule has 0 unspecified atom stereocenters. The van der Waals surface area contributed by atoms with Crippen molar-refractivity contribution in [1.29, 1.82) is 0 Å². The predicted octanol–water partition coefficient (Wildman–Crippen LogP) is 2.45. The van der Waals surface area contributed by atoms with Crippen LogP contribution in [0.5, 0.6) is 0 Å². The summed E-state index contributed by atoms with van der Waals surface area (Å²) in [7, 11) is 4.10. The Hall–Kier alpha value is -1.78. The molecule has 1 aromatic heterocycles. The lowest BCUT2D eigenvalue weighted by molar-refractivity contribution is 0.244. The third-order valence-electron chi connectivity index (χ3n) is 2.83. The number of rotatable bonds is 6. The Balaban J connectivity index is 2.02. The molecule has 1 heterocycles. The largest absolute Gasteiger partial charge is 0.462 e. The summed E-state index contributed by atoms with van der Waals surface area (Å²) >= 11 is 0. The standard InChI is InChI=1S/C15H20N2O2/c1-17(2)10-12-5-3-4-6-15(12)16-9-13-7-8-14(11-18)19-13/h3-8,16,18H,9-11H2,1-2H3. The highest BCUT2D eigenvalue weighted by molar-refractivity contribution is 5.51. The van der Waals surface area contributed by atoms with Crippen molar-refractivity contribution in [2.24, 2.45) is 0 Å². The third-order valence-corrected chi connectivity index (χ3v) is 2.83. The summed E-state index contributed by atoms with van der Waals surface area (Å²) in [5.41, 5.74) is 2.36. The number of benzene rings is 1. The normalized spacial score (nSPS) is 10.9. The second-order valence-electron chi connectivity index (χ2n) is 4.77. The Morgan fingerprint density at radius 2 is 1.84 bits per heavy atom. The van der Waals surface area contributed by atoms with Crippen molar-refractivity contribution in [3.05, 3.63) is 53.5 Å². The summed E-state index contributed by atoms with van der Waals surface area (Å²) in [6, 6.07) is 11.9. The van der Waals surface area contributed by atoms with Gasteiger partial charge < -0.3 is 19.7 Å². The van der Waals surface area contributed by atoms with E-state index in [0.717, 1.165) is 18.0 Å². The van der Waals surface area contributed by atoms with Crippen LogP contribution in [0.25, 0.3) is 0 Å². The number of hydrogen-bond donors (Lipinski definition) is 2. The summed E-state index contributed by atoms with van der Waals surface area (Å²) in [5, 5.41) is 12.3. The molecule has 2 rings (SSSR count). The van der Waals surface area contributed by atoms with E-state index in [9.17, 15) is 0 Å². The first-order valence-corrected chi connectivity index (χ1v) is 6.34. The molecule has 0 atom stereocenters. The van der Waals surface area contributed by atoms with Gasteiger partial charge in [-0.25, -0.2) is 0 Å². The molecular weight excluding hydrogens is 240 g/mol. The molecule has 4 nitrogen and oxygen atoms in total. The second kappa shape index (κ2) is 6.41. The van der Waals surface area contributed by atoms with E-state index in [1.54, 1.807) is 6.07 Å². The average Bonchev–Trinajstić information content (AvgIpc) is 2.85. The fraction of sp³-hybridized carbons (Fsp3) is 0.333. The predicted molar refractivity (Wildman–Crippen MR) is 75.8 cm³/mol. The van der Waals surface area contributed by atoms with Crippen LogP contribution in [-0.4, -0.2) is 24.1 Å². The van der Waals surface area contributed by atoms with Gasteiger partial charge in [-0.15, -0.1) is 0 Å². The Morgan fingerprint density at radius 1 is 1.11 bits per heavy atom. The van der Waals surface area contributed by atoms with Gasteiger partial charge in [0.1, 0.15) is 18.1 Å². The fourth-order valence-electron chi connectivity index (χ4n) is 1.96. The lowest BCUT2D eigenvalue weighted by Gasteiger charge is -2.15. The van der Waals surface area contributed by atoms with Crippen LogP contribution in [0.1, 0.15) is 17.1 Å². The summed E-state index contributed by atoms with van der Waals surface area (Å²) in [5.74, 6) is 1.42. The van der Waals surface area contributed by atoms with Crippen molar-refractivity contribution >= 4 is 5.69 Å². The molecule has 0 fully saturated rings. The molecule has 0 bridgehead atoms. The zero-order valence-corrected chi connectivity index (χ0v) is 11.4. The lowest BCUT2D eigenvalue weighted by atomic mass is 10.1. The second-order valence-corrected chi connectivity index (χ2v) is 4.77. The maximum atomic E-state index is 8.96. The molecule has 0 aliphatic rings. The number of para-hydroxylation sites is 1. The minimum Gasteiger partial charge on any atom is -0.462 e. The highest BCUT2D eigenvalue weighted by Gasteiger charge is 2.05. The summed E-state index contributed by atoms with van der Waals surface area (Å²) in [6.07, 6.45) is 0. The number of nitrogens with one attached hydrogen (secondary N) is 1. The molecule has 0 saturated heterocycles. The van der Waals surface area contributed by atoms with E-state index in [2.05, 4.69) is 36.4 Å². The van der Waals surface area contributed by atoms with Gasteiger partial charge in [-0.3, -0.25) is 0 Å². The zero-order chi connectivity index (χ0) is 13.7. The van der Waals surface area contributed by atoms with E-state index in [1.165, 1.54) is 5.56 Å². The minimum absolute atomic E-state index is 0.0583. The lowest BCUT2D eigenvalue weighted by Crippen LogP contribution is -2.12. The maximum absolute atomic E-state index is 8.96. The van der Waals surface area contributed by atoms with E-state index in [-0.39, 0.29) is 6.61 Å². The van der Waals surface area contributed by atoms with Crippen LogP contribution in [0.15, 0.2) is 40.8 Å². The number of aliphatic hydroxyl groups is 1. The first kappa shape index (κ1) is 13.6. The van der Waals surface area contributed by atoms with Gasteiger partial charge in [0.25, 0.3) is 0 Å². The van der Waals surface area contributed by atoms with Gasteiger partial charge >= 0.3 is 0 Å². The van der Waals surface area contributed by atoms with Gasteiger partial charge in [-0.05, 0) is 37.9 Å². The molecule has 0 saturated carbocycles. The molecule has 2 N–H and O–H groups in total. The van der Waals surface area contributed by atoms with E-state index >= 15 is 0 Å². The van der Waals surface area contributed by atoms with E-state index < -0.39 is 0 Å². The highest BCUT2D eigenvalue weighted by Crippen LogP contribution is 2.18. The molecule has 19 heavy (non-hydrogen) atoms. The van der Waals surface area contributed by atoms with Crippen molar-refractivity contribution in [2.45, 2.75) is 19.7 Å². The summed E-state index contributed by atoms with van der Waals surface area (Å²) in [6.45, 7) is 1.45. The van der Waals surface area contributed by atoms with Crippen molar-refractivity contribution in [3.63, 3.8) is 0 Å². The summed E-state index contributed by atoms with van der Waals surface area (Å²) in [4.78, 5) is 2.14. The molecule has 4 heteroatoms. The van der Waals surface area contributed by atoms with Crippen molar-refractivity contribution in [1.82, 2.24) is 4.90 Å². The smallest absolute Gasteiger partial charge is 0.129 e. The molecule has 0 aliphatic heterocycles. The van der Waals surface area contributed by atoms with Crippen LogP contribution >= 0.6 is 0 Å². The Labute approximate surface area is 113 Å². The SMILES string of the molecule is CN(C)Cc1ccccc1NCc1ccc(CO)o1. The molecule has 1 aromatic carbocycles. The van der Waals surface area contributed by atoms with Crippen LogP contribution in [0.2, 0.25) is 0 Å². The summed E-state index contributed by atoms with van der Waals surface area (Å²) < 4.78 is 5.45. The number of nitrogens with zero attached hydrogens (tertiary/aromatic N) is 1. The topological polar surface area (TPSA) is 48.6 Å². The molecule has 0 amide bonds. The first-order chi connectivity index (χ1) is 9.19. The van der Waals surface area contributed by atoms with Crippen LogP contribution in [-0.2, 0) is 19.7 Å². The molecule has 0 spiro atoms. The van der Waals surface area contributed by atoms with Gasteiger partial charge in [0.15, 0.2) is 0 Å². The molecule has 2 aromatic rings. The van der Waals surface area contributed by atoms with Crippen LogP contribution in [0, 0.1) is 0 Å². The van der Waals surface area contributed by atoms with Gasteiger partial charge in [0, 0.05) is 12.2 Å². The van der Waals surface area contributed by atoms with E-state index in [4.69, 9.17) is 9.52 Å². The molecule has 0 radical (unpaired) electrons. The number of furan rings is 1. The van der Waals surface area contributed by atoms with Gasteiger partial charge in [-0.2, -0.15) is 0 Å². The molecule has 102 valence electrons. The van der Waals surface area contributed by atoms with Crippen molar-refractivity contribution < 1.29 is 9.52 Å². The number of anilines is 1. The van der Waals surface area contributed by atoms with Crippen LogP contribution < -0.4 is 5.32 Å². The quantitative estimate of drug-likeness (QED) is 0.837. The Bertz CT molecular complexity index is 520. The van der Waals surface area contributed by atoms with Gasteiger partial charge in [0.05, 0.1) is 6.54 Å². The monoisotopic (exact) mass is 260 g/mol. The minimum atomic E-state index is -0.0583. The average molecular weight is 260 g/mol. The zero-order valence-electron chi connectivity index (χ0n) is 11.4. The van der Waals surface area contributed by atoms with Crippen molar-refractivity contribution in [2.75, 3.05) is 19.4 Å². The number of aliphatic hydroxyl groups excluding tert-OH is 1. The maximum Gasteiger partial charge on any atom is 0.129 e. The van der Waals surface area contributed by atoms with Crippen molar-refractivity contribution in [3.8, 4) is 0 Å². The first-order valence-electron chi connectivity index (χ1n) is 6.34. The molecular formula is C15H20N2O2. The Kier molecular flexibility index (Phi) is 4.60. The number of hydrogen-bond acceptors (Lipinski definition) is 4. The van der Waals surface area contributed by atoms with Crippen LogP contribution in [0.3, 0.4) is 0 Å². The molecule has 0 aliphatic carbocycles.